The Kier molecular flexibility index (Phi) is 44.0. The highest BCUT2D eigenvalue weighted by molar-refractivity contribution is 5.98. The molecule has 3 atom stereocenters. The second kappa shape index (κ2) is 53.7. The number of amides is 8. The molecule has 0 spiro atoms. The molecule has 38 nitrogen and oxygen atoms in total. The van der Waals surface area contributed by atoms with Gasteiger partial charge in [-0.3, -0.25) is 42.7 Å². The van der Waals surface area contributed by atoms with E-state index in [9.17, 15) is 84.7 Å². The molecule has 42 heteroatoms. The van der Waals surface area contributed by atoms with Gasteiger partial charge in [-0.05, 0) is 195 Å². The smallest absolute Gasteiger partial charge is 0.420 e. The molecule has 0 saturated carbocycles. The van der Waals surface area contributed by atoms with Crippen molar-refractivity contribution >= 4 is 116 Å². The number of anilines is 3. The molecule has 6 heterocycles. The number of benzene rings is 3. The number of nitrogen functional groups attached to an aromatic ring is 1. The fourth-order valence-electron chi connectivity index (χ4n) is 12.7. The van der Waals surface area contributed by atoms with E-state index in [1.165, 1.54) is 125 Å². The second-order valence-electron chi connectivity index (χ2n) is 32.6. The van der Waals surface area contributed by atoms with Gasteiger partial charge in [-0.25, -0.2) is 66.0 Å². The van der Waals surface area contributed by atoms with E-state index in [1.807, 2.05) is 20.8 Å². The maximum atomic E-state index is 14.7. The number of hydrogen-bond acceptors (Lipinski definition) is 23. The molecule has 0 aliphatic carbocycles. The highest BCUT2D eigenvalue weighted by atomic mass is 19.1. The minimum atomic E-state index is -1.15. The zero-order chi connectivity index (χ0) is 101. The first-order valence-corrected chi connectivity index (χ1v) is 42.4. The Balaban J connectivity index is 0.000000391. The summed E-state index contributed by atoms with van der Waals surface area (Å²) in [7, 11) is 12.2. The fourth-order valence-corrected chi connectivity index (χ4v) is 12.7. The van der Waals surface area contributed by atoms with Crippen LogP contribution in [0.1, 0.15) is 163 Å². The van der Waals surface area contributed by atoms with Crippen LogP contribution in [0.25, 0.3) is 33.1 Å². The second-order valence-corrected chi connectivity index (χ2v) is 32.6. The number of halogens is 4. The van der Waals surface area contributed by atoms with Gasteiger partial charge in [0.25, 0.3) is 16.7 Å². The number of fused-ring (bicyclic) bond motifs is 3. The number of carbonyl (C=O) groups is 11. The molecule has 0 radical (unpaired) electrons. The summed E-state index contributed by atoms with van der Waals surface area (Å²) in [6.45, 7) is 16.1. The number of aryl methyl sites for hydroxylation is 3. The number of pyridine rings is 3. The van der Waals surface area contributed by atoms with E-state index in [1.54, 1.807) is 127 Å². The van der Waals surface area contributed by atoms with Crippen molar-refractivity contribution in [2.24, 2.45) is 0 Å². The Morgan fingerprint density at radius 2 is 0.844 bits per heavy atom. The van der Waals surface area contributed by atoms with Crippen LogP contribution in [0, 0.1) is 17.5 Å². The van der Waals surface area contributed by atoms with Gasteiger partial charge in [0.15, 0.2) is 0 Å². The molecule has 8 amide bonds. The van der Waals surface area contributed by atoms with Crippen molar-refractivity contribution in [3.63, 3.8) is 0 Å². The topological polar surface area (TPSA) is 480 Å². The van der Waals surface area contributed by atoms with Crippen molar-refractivity contribution in [3.05, 3.63) is 211 Å². The van der Waals surface area contributed by atoms with Gasteiger partial charge >= 0.3 is 36.4 Å². The quantitative estimate of drug-likeness (QED) is 0.0110. The Morgan fingerprint density at radius 1 is 0.511 bits per heavy atom. The number of likely N-dealkylation sites (N-methyl/N-ethyl adjacent to an activating group) is 3. The lowest BCUT2D eigenvalue weighted by Gasteiger charge is -2.20. The third-order valence-electron chi connectivity index (χ3n) is 19.0. The molecule has 9 rings (SSSR count). The van der Waals surface area contributed by atoms with E-state index in [0.29, 0.717) is 83.1 Å². The van der Waals surface area contributed by atoms with Crippen LogP contribution in [-0.2, 0) is 91.3 Å². The first kappa shape index (κ1) is 111. The van der Waals surface area contributed by atoms with E-state index in [-0.39, 0.29) is 111 Å². The van der Waals surface area contributed by atoms with Crippen LogP contribution in [0.2, 0.25) is 0 Å². The van der Waals surface area contributed by atoms with Gasteiger partial charge in [0.1, 0.15) is 75.6 Å². The zero-order valence-electron chi connectivity index (χ0n) is 79.4. The number of alkyl carbamates (subject to hydrolysis) is 3. The van der Waals surface area contributed by atoms with Crippen LogP contribution in [-0.4, -0.2) is 229 Å². The average Bonchev–Trinajstić information content (AvgIpc) is 1.61. The number of rotatable bonds is 32. The van der Waals surface area contributed by atoms with Crippen LogP contribution in [0.15, 0.2) is 142 Å². The number of ether oxygens (including phenoxy) is 5. The normalized spacial score (nSPS) is 11.9. The number of aliphatic carboxylic acids is 1. The average molecular weight is 1890 g/mol. The number of carboxylic acid groups (broad SMARTS) is 1. The number of H-pyrrole nitrogens is 1. The van der Waals surface area contributed by atoms with E-state index < -0.39 is 113 Å². The summed E-state index contributed by atoms with van der Waals surface area (Å²) in [4.78, 5) is 193. The lowest BCUT2D eigenvalue weighted by molar-refractivity contribution is -0.139. The van der Waals surface area contributed by atoms with E-state index in [2.05, 4.69) is 60.7 Å². The Morgan fingerprint density at radius 3 is 1.19 bits per heavy atom. The van der Waals surface area contributed by atoms with Crippen LogP contribution in [0.3, 0.4) is 0 Å². The molecule has 0 aliphatic heterocycles. The largest absolute Gasteiger partial charge is 0.480 e. The third-order valence-corrected chi connectivity index (χ3v) is 19.0. The predicted molar refractivity (Wildman–Crippen MR) is 502 cm³/mol. The van der Waals surface area contributed by atoms with Crippen molar-refractivity contribution in [1.82, 2.24) is 73.4 Å². The maximum absolute atomic E-state index is 14.7. The number of carboxylic acids is 1. The van der Waals surface area contributed by atoms with E-state index >= 15 is 0 Å². The summed E-state index contributed by atoms with van der Waals surface area (Å²) in [5.74, 6) is -3.58. The van der Waals surface area contributed by atoms with Crippen molar-refractivity contribution in [2.75, 3.05) is 87.1 Å². The lowest BCUT2D eigenvalue weighted by atomic mass is 10.1. The standard InChI is InChI=1S/C32H41FN6O7.C27H33FN6O5.C21H25FN4O3.C11H18N2O5.CH3F.CH4/c1-8-12-20-17-21(33)18-24-27(20)36-25(39(24)31(44)46-32(2,3)4)19-38-16-11-14-23(29(38)42)34-28(41)22(35-30(43)45-7)13-9-10-15-26(40)37(5)6;1-5-9-17-14-18(28)15-21-24(17)32-22(29-21)16-34-13-8-11-20(26(34)37)30-25(36)19(31-27(38)39-4)10-6-7-12-23(35)33(2)3;1-5-7-13-10-14(22)11-16-18(13)24-17(26(16)20(28)29-21(2,3)4)12-25-9-6-8-15(23)19(25)27;1-13(2)9(14)7-5-4-6-8(10(15)16)12-11(17)18-3;1-2;/h10-11,14-18,22H,8-9,12-13,19H2,1-7H3,(H,34,41)(H,35,43);7-8,11-15,19H,5-6,9-10,16H2,1-4H3,(H,29,32)(H,30,36)(H,31,38);6,8-11H,5,7,12,23H2,1-4H3;5,7-8H,4,6H2,1-3H3,(H,12,17)(H,15,16);1H3;1H4/b15-10+;12-7+;;7-5+;;/t22-;19-;;8-;;/m00.0../s1/i;;;;1D;. The summed E-state index contributed by atoms with van der Waals surface area (Å²) >= 11 is 0. The summed E-state index contributed by atoms with van der Waals surface area (Å²) in [6, 6.07) is 14.1. The number of hydrogen-bond donors (Lipinski definition) is 8. The molecule has 135 heavy (non-hydrogen) atoms. The Hall–Kier alpha value is -14.8. The first-order valence-electron chi connectivity index (χ1n) is 43.1. The first-order chi connectivity index (χ1) is 63.7. The molecule has 0 fully saturated rings. The van der Waals surface area contributed by atoms with Crippen molar-refractivity contribution < 1.29 is 100 Å². The van der Waals surface area contributed by atoms with Gasteiger partial charge in [-0.2, -0.15) is 0 Å². The molecular weight excluding hydrogens is 1770 g/mol. The highest BCUT2D eigenvalue weighted by Crippen LogP contribution is 2.29. The predicted octanol–water partition coefficient (Wildman–Crippen LogP) is 12.3. The number of methoxy groups -OCH3 is 3. The van der Waals surface area contributed by atoms with Crippen LogP contribution in [0.5, 0.6) is 0 Å². The third kappa shape index (κ3) is 34.7. The molecule has 0 aliphatic rings. The Bertz CT molecular complexity index is 5940. The minimum Gasteiger partial charge on any atom is -0.480 e. The number of aromatic nitrogens is 9. The minimum absolute atomic E-state index is 0. The summed E-state index contributed by atoms with van der Waals surface area (Å²) in [5, 5.41) is 21.0. The van der Waals surface area contributed by atoms with Crippen molar-refractivity contribution in [1.29, 1.82) is 0 Å². The number of imidazole rings is 3. The molecule has 6 aromatic heterocycles. The molecule has 734 valence electrons. The van der Waals surface area contributed by atoms with Crippen LogP contribution in [0.4, 0.5) is 58.6 Å². The molecule has 3 aromatic carbocycles. The van der Waals surface area contributed by atoms with Crippen molar-refractivity contribution in [2.45, 2.75) is 196 Å². The molecule has 0 saturated heterocycles. The number of allylic oxidation sites excluding steroid dienone is 3. The van der Waals surface area contributed by atoms with Gasteiger partial charge in [-0.15, -0.1) is 0 Å². The van der Waals surface area contributed by atoms with E-state index in [4.69, 9.17) is 21.7 Å². The van der Waals surface area contributed by atoms with Gasteiger partial charge in [0, 0.05) is 73.0 Å². The zero-order valence-corrected chi connectivity index (χ0v) is 78.4. The monoisotopic (exact) mass is 1890 g/mol. The lowest BCUT2D eigenvalue weighted by Crippen LogP contribution is -2.44. The van der Waals surface area contributed by atoms with Gasteiger partial charge < -0.3 is 94.5 Å². The SMILES string of the molecule is C.CCCc1cc(F)cc2[nH]c(Cn3cccc(NC(=O)[C@H](CC/C=C/C(=O)N(C)C)NC(=O)OC)c3=O)nc12.CCCc1cc(F)cc2c1nc(Cn1cccc(N)c1=O)n2C(=O)OC(C)(C)C.CCCc1cc(F)cc2c1nc(Cn1cccc(NC(=O)[C@H](CC/C=C/C(=O)N(C)C)NC(=O)OC)c1=O)n2C(=O)OC(C)(C)C.COC(=O)N[C@@H](CC/C=C/C(=O)N(C)C)C(=O)O.[2H]CF. The van der Waals surface area contributed by atoms with E-state index in [0.717, 1.165) is 37.2 Å². The number of alkyl halides is 1. The number of nitrogens with one attached hydrogen (secondary N) is 6. The number of carbonyl (C=O) groups excluding carboxylic acids is 10. The molecule has 0 unspecified atom stereocenters. The number of aromatic amines is 1. The van der Waals surface area contributed by atoms with Crippen LogP contribution < -0.4 is 49.0 Å². The molecule has 0 bridgehead atoms. The van der Waals surface area contributed by atoms with Gasteiger partial charge in [-0.1, -0.05) is 65.7 Å². The highest BCUT2D eigenvalue weighted by Gasteiger charge is 2.30. The molecule has 9 aromatic rings. The maximum Gasteiger partial charge on any atom is 0.420 e. The number of nitrogens with two attached hydrogens (primary N) is 1. The van der Waals surface area contributed by atoms with Gasteiger partial charge in [0.2, 0.25) is 29.5 Å². The summed E-state index contributed by atoms with van der Waals surface area (Å²) in [5.41, 5.74) is 7.36. The molecule has 9 N–H and O–H groups in total. The summed E-state index contributed by atoms with van der Waals surface area (Å²) in [6.07, 6.45) is 15.0. The van der Waals surface area contributed by atoms with Crippen LogP contribution >= 0.6 is 0 Å². The van der Waals surface area contributed by atoms with Crippen molar-refractivity contribution in [3.8, 4) is 0 Å². The fraction of sp³-hybridized carbons (Fsp3) is 0.430. The molecular formula is C93H124F4N18O20. The summed E-state index contributed by atoms with van der Waals surface area (Å²) < 4.78 is 89.5. The Labute approximate surface area is 780 Å². The number of nitrogens with zero attached hydrogens (tertiary/aromatic N) is 11. The van der Waals surface area contributed by atoms with Gasteiger partial charge in [0.05, 0.1) is 88.3 Å².